The molecule has 2 aromatic rings. The maximum absolute atomic E-state index is 10.1. The van der Waals surface area contributed by atoms with Gasteiger partial charge in [0.1, 0.15) is 0 Å². The summed E-state index contributed by atoms with van der Waals surface area (Å²) in [7, 11) is 4.09. The van der Waals surface area contributed by atoms with Gasteiger partial charge in [-0.3, -0.25) is 0 Å². The molecule has 0 aliphatic heterocycles. The van der Waals surface area contributed by atoms with E-state index in [2.05, 4.69) is 61.2 Å². The Morgan fingerprint density at radius 2 is 1.61 bits per heavy atom. The highest BCUT2D eigenvalue weighted by molar-refractivity contribution is 5.48. The van der Waals surface area contributed by atoms with Gasteiger partial charge in [0.25, 0.3) is 0 Å². The van der Waals surface area contributed by atoms with Crippen LogP contribution >= 0.6 is 0 Å². The molecule has 2 heteroatoms. The second-order valence-corrected chi connectivity index (χ2v) is 6.25. The van der Waals surface area contributed by atoms with Gasteiger partial charge >= 0.3 is 0 Å². The van der Waals surface area contributed by atoms with Crippen LogP contribution in [0.1, 0.15) is 43.7 Å². The lowest BCUT2D eigenvalue weighted by molar-refractivity contribution is 0.410. The first-order chi connectivity index (χ1) is 11.1. The fraction of sp³-hybridized carbons (Fsp3) is 0.381. The quantitative estimate of drug-likeness (QED) is 0.741. The van der Waals surface area contributed by atoms with E-state index in [1.807, 2.05) is 32.3 Å². The van der Waals surface area contributed by atoms with Crippen LogP contribution < -0.4 is 4.90 Å². The van der Waals surface area contributed by atoms with Crippen molar-refractivity contribution in [2.75, 3.05) is 19.0 Å². The molecule has 120 valence electrons. The minimum Gasteiger partial charge on any atom is -0.378 e. The molecular formula is C21H26N2. The van der Waals surface area contributed by atoms with E-state index in [1.54, 1.807) is 0 Å². The highest BCUT2D eigenvalue weighted by Crippen LogP contribution is 2.43. The average Bonchev–Trinajstić information content (AvgIpc) is 2.60. The second-order valence-electron chi connectivity index (χ2n) is 6.25. The van der Waals surface area contributed by atoms with E-state index in [9.17, 15) is 5.26 Å². The third-order valence-corrected chi connectivity index (χ3v) is 4.86. The van der Waals surface area contributed by atoms with Gasteiger partial charge in [-0.15, -0.1) is 0 Å². The Balaban J connectivity index is 2.49. The zero-order valence-corrected chi connectivity index (χ0v) is 14.6. The Hall–Kier alpha value is -2.27. The summed E-state index contributed by atoms with van der Waals surface area (Å²) in [6.07, 6.45) is 1.75. The molecule has 0 unspecified atom stereocenters. The minimum absolute atomic E-state index is 0.191. The molecule has 0 spiro atoms. The minimum atomic E-state index is -0.477. The molecule has 0 aliphatic carbocycles. The number of benzene rings is 2. The summed E-state index contributed by atoms with van der Waals surface area (Å²) in [5.41, 5.74) is 3.07. The third kappa shape index (κ3) is 3.24. The van der Waals surface area contributed by atoms with Gasteiger partial charge in [0.15, 0.2) is 0 Å². The van der Waals surface area contributed by atoms with Crippen molar-refractivity contribution in [3.05, 3.63) is 65.7 Å². The van der Waals surface area contributed by atoms with Crippen molar-refractivity contribution in [2.45, 2.75) is 38.0 Å². The van der Waals surface area contributed by atoms with Crippen LogP contribution in [0.2, 0.25) is 0 Å². The number of rotatable bonds is 6. The Bertz CT molecular complexity index is 652. The second kappa shape index (κ2) is 7.33. The monoisotopic (exact) mass is 306 g/mol. The van der Waals surface area contributed by atoms with Crippen LogP contribution in [-0.4, -0.2) is 14.1 Å². The summed E-state index contributed by atoms with van der Waals surface area (Å²) in [6, 6.07) is 21.5. The van der Waals surface area contributed by atoms with E-state index >= 15 is 0 Å². The summed E-state index contributed by atoms with van der Waals surface area (Å²) >= 11 is 0. The van der Waals surface area contributed by atoms with Crippen LogP contribution in [0.4, 0.5) is 5.69 Å². The Morgan fingerprint density at radius 1 is 1.00 bits per heavy atom. The van der Waals surface area contributed by atoms with Crippen molar-refractivity contribution in [3.8, 4) is 6.07 Å². The first kappa shape index (κ1) is 17.1. The van der Waals surface area contributed by atoms with Crippen LogP contribution in [0.15, 0.2) is 54.6 Å². The lowest BCUT2D eigenvalue weighted by atomic mass is 9.66. The van der Waals surface area contributed by atoms with Crippen molar-refractivity contribution in [2.24, 2.45) is 0 Å². The van der Waals surface area contributed by atoms with Gasteiger partial charge in [0.2, 0.25) is 0 Å². The summed E-state index contributed by atoms with van der Waals surface area (Å²) in [6.45, 7) is 4.29. The summed E-state index contributed by atoms with van der Waals surface area (Å²) in [4.78, 5) is 2.10. The molecule has 0 aromatic heterocycles. The standard InChI is InChI=1S/C21H26N2/c1-5-20(17-12-14-19(15-13-17)23(3)4)21(6-2,16-22)18-10-8-7-9-11-18/h7-15,20H,5-6H2,1-4H3/t20-,21-/m1/s1. The van der Waals surface area contributed by atoms with Crippen LogP contribution in [0, 0.1) is 11.3 Å². The van der Waals surface area contributed by atoms with Crippen LogP contribution in [0.3, 0.4) is 0 Å². The Morgan fingerprint density at radius 3 is 2.04 bits per heavy atom. The van der Waals surface area contributed by atoms with Crippen molar-refractivity contribution in [1.29, 1.82) is 5.26 Å². The van der Waals surface area contributed by atoms with Gasteiger partial charge < -0.3 is 4.90 Å². The number of hydrogen-bond acceptors (Lipinski definition) is 2. The molecule has 0 amide bonds. The molecule has 0 N–H and O–H groups in total. The van der Waals surface area contributed by atoms with Crippen molar-refractivity contribution >= 4 is 5.69 Å². The SMILES string of the molecule is CC[C@H](c1ccc(N(C)C)cc1)[C@@](C#N)(CC)c1ccccc1. The molecule has 0 bridgehead atoms. The van der Waals surface area contributed by atoms with E-state index < -0.39 is 5.41 Å². The van der Waals surface area contributed by atoms with E-state index in [0.717, 1.165) is 18.4 Å². The Kier molecular flexibility index (Phi) is 5.45. The summed E-state index contributed by atoms with van der Waals surface area (Å²) in [5.74, 6) is 0.191. The van der Waals surface area contributed by atoms with Crippen LogP contribution in [0.25, 0.3) is 0 Å². The number of nitrogens with zero attached hydrogens (tertiary/aromatic N) is 2. The first-order valence-electron chi connectivity index (χ1n) is 8.33. The lowest BCUT2D eigenvalue weighted by Gasteiger charge is -2.35. The van der Waals surface area contributed by atoms with Crippen LogP contribution in [0.5, 0.6) is 0 Å². The van der Waals surface area contributed by atoms with Gasteiger partial charge in [-0.1, -0.05) is 56.3 Å². The molecule has 2 nitrogen and oxygen atoms in total. The average molecular weight is 306 g/mol. The predicted octanol–water partition coefficient (Wildman–Crippen LogP) is 5.12. The molecule has 0 fully saturated rings. The van der Waals surface area contributed by atoms with Crippen molar-refractivity contribution < 1.29 is 0 Å². The predicted molar refractivity (Wildman–Crippen MR) is 97.8 cm³/mol. The van der Waals surface area contributed by atoms with E-state index in [4.69, 9.17) is 0 Å². The molecule has 2 atom stereocenters. The summed E-state index contributed by atoms with van der Waals surface area (Å²) < 4.78 is 0. The third-order valence-electron chi connectivity index (χ3n) is 4.86. The number of anilines is 1. The van der Waals surface area contributed by atoms with E-state index in [-0.39, 0.29) is 5.92 Å². The van der Waals surface area contributed by atoms with Gasteiger partial charge in [-0.2, -0.15) is 5.26 Å². The topological polar surface area (TPSA) is 27.0 Å². The van der Waals surface area contributed by atoms with Gasteiger partial charge in [-0.25, -0.2) is 0 Å². The molecule has 23 heavy (non-hydrogen) atoms. The largest absolute Gasteiger partial charge is 0.378 e. The Labute approximate surface area is 140 Å². The van der Waals surface area contributed by atoms with Crippen molar-refractivity contribution in [1.82, 2.24) is 0 Å². The fourth-order valence-electron chi connectivity index (χ4n) is 3.48. The van der Waals surface area contributed by atoms with Crippen LogP contribution in [-0.2, 0) is 5.41 Å². The lowest BCUT2D eigenvalue weighted by Crippen LogP contribution is -2.31. The molecule has 0 aliphatic rings. The molecule has 0 heterocycles. The zero-order chi connectivity index (χ0) is 16.9. The van der Waals surface area contributed by atoms with Crippen molar-refractivity contribution in [3.63, 3.8) is 0 Å². The molecule has 0 saturated heterocycles. The maximum Gasteiger partial charge on any atom is 0.0887 e. The summed E-state index contributed by atoms with van der Waals surface area (Å²) in [5, 5.41) is 10.1. The number of hydrogen-bond donors (Lipinski definition) is 0. The molecule has 2 aromatic carbocycles. The van der Waals surface area contributed by atoms with E-state index in [1.165, 1.54) is 11.3 Å². The molecular weight excluding hydrogens is 280 g/mol. The molecule has 0 saturated carbocycles. The maximum atomic E-state index is 10.1. The zero-order valence-electron chi connectivity index (χ0n) is 14.6. The first-order valence-corrected chi connectivity index (χ1v) is 8.33. The molecule has 2 rings (SSSR count). The van der Waals surface area contributed by atoms with Gasteiger partial charge in [0.05, 0.1) is 11.5 Å². The fourth-order valence-corrected chi connectivity index (χ4v) is 3.48. The highest BCUT2D eigenvalue weighted by Gasteiger charge is 2.39. The van der Waals surface area contributed by atoms with E-state index in [0.29, 0.717) is 0 Å². The van der Waals surface area contributed by atoms with Gasteiger partial charge in [-0.05, 0) is 36.1 Å². The smallest absolute Gasteiger partial charge is 0.0887 e. The highest BCUT2D eigenvalue weighted by atomic mass is 15.1. The number of nitriles is 1. The normalized spacial score (nSPS) is 14.6. The van der Waals surface area contributed by atoms with Gasteiger partial charge in [0, 0.05) is 25.7 Å². The molecule has 0 radical (unpaired) electrons.